The molecule has 0 aromatic carbocycles. The standard InChI is InChI=1S/C13H19ClN2O2.ClH/c14-12-6-5-11(18-12)10-15-7-9-16-8-3-1-2-4-13(16)17;/h5-6,15H,1-4,7-10H2;1H. The number of hydrogen-bond donors (Lipinski definition) is 1. The van der Waals surface area contributed by atoms with Gasteiger partial charge >= 0.3 is 0 Å². The number of carbonyl (C=O) groups excluding carboxylic acids is 1. The molecular formula is C13H20Cl2N2O2. The van der Waals surface area contributed by atoms with Gasteiger partial charge in [0.2, 0.25) is 5.91 Å². The highest BCUT2D eigenvalue weighted by Crippen LogP contribution is 2.13. The monoisotopic (exact) mass is 306 g/mol. The number of carbonyl (C=O) groups is 1. The molecule has 1 aromatic rings. The minimum atomic E-state index is 0. The van der Waals surface area contributed by atoms with Gasteiger partial charge in [0.05, 0.1) is 6.54 Å². The van der Waals surface area contributed by atoms with Crippen LogP contribution in [0.3, 0.4) is 0 Å². The van der Waals surface area contributed by atoms with Gasteiger partial charge in [-0.05, 0) is 36.6 Å². The smallest absolute Gasteiger partial charge is 0.222 e. The van der Waals surface area contributed by atoms with Gasteiger partial charge < -0.3 is 14.6 Å². The summed E-state index contributed by atoms with van der Waals surface area (Å²) in [7, 11) is 0. The Hall–Kier alpha value is -0.710. The zero-order valence-corrected chi connectivity index (χ0v) is 12.4. The molecule has 108 valence electrons. The molecule has 1 fully saturated rings. The van der Waals surface area contributed by atoms with Crippen molar-refractivity contribution in [1.82, 2.24) is 10.2 Å². The topological polar surface area (TPSA) is 45.5 Å². The lowest BCUT2D eigenvalue weighted by atomic mass is 10.2. The van der Waals surface area contributed by atoms with Crippen molar-refractivity contribution in [3.63, 3.8) is 0 Å². The van der Waals surface area contributed by atoms with Crippen LogP contribution in [0.1, 0.15) is 31.4 Å². The molecule has 2 heterocycles. The molecule has 1 aliphatic rings. The van der Waals surface area contributed by atoms with Crippen LogP contribution in [-0.2, 0) is 11.3 Å². The third kappa shape index (κ3) is 5.43. The van der Waals surface area contributed by atoms with E-state index in [0.717, 1.165) is 38.2 Å². The average molecular weight is 307 g/mol. The van der Waals surface area contributed by atoms with Crippen LogP contribution in [0.2, 0.25) is 5.22 Å². The van der Waals surface area contributed by atoms with Crippen molar-refractivity contribution in [2.75, 3.05) is 19.6 Å². The lowest BCUT2D eigenvalue weighted by Crippen LogP contribution is -2.36. The second-order valence-corrected chi connectivity index (χ2v) is 4.95. The van der Waals surface area contributed by atoms with E-state index in [9.17, 15) is 4.79 Å². The van der Waals surface area contributed by atoms with Crippen LogP contribution >= 0.6 is 24.0 Å². The Morgan fingerprint density at radius 1 is 1.32 bits per heavy atom. The molecule has 0 radical (unpaired) electrons. The Morgan fingerprint density at radius 3 is 2.89 bits per heavy atom. The number of nitrogens with zero attached hydrogens (tertiary/aromatic N) is 1. The van der Waals surface area contributed by atoms with E-state index in [4.69, 9.17) is 16.0 Å². The fourth-order valence-electron chi connectivity index (χ4n) is 2.15. The maximum Gasteiger partial charge on any atom is 0.222 e. The van der Waals surface area contributed by atoms with Gasteiger partial charge in [0, 0.05) is 26.1 Å². The molecule has 0 aliphatic carbocycles. The van der Waals surface area contributed by atoms with E-state index in [-0.39, 0.29) is 18.3 Å². The van der Waals surface area contributed by atoms with E-state index < -0.39 is 0 Å². The summed E-state index contributed by atoms with van der Waals surface area (Å²) in [4.78, 5) is 13.7. The highest BCUT2D eigenvalue weighted by atomic mass is 35.5. The predicted octanol–water partition coefficient (Wildman–Crippen LogP) is 2.85. The molecule has 2 rings (SSSR count). The summed E-state index contributed by atoms with van der Waals surface area (Å²) in [5, 5.41) is 3.67. The molecule has 0 saturated carbocycles. The number of furan rings is 1. The van der Waals surface area contributed by atoms with Crippen molar-refractivity contribution in [3.8, 4) is 0 Å². The van der Waals surface area contributed by atoms with Gasteiger partial charge in [-0.15, -0.1) is 12.4 Å². The fraction of sp³-hybridized carbons (Fsp3) is 0.615. The summed E-state index contributed by atoms with van der Waals surface area (Å²) in [6.07, 6.45) is 4.03. The molecule has 1 aromatic heterocycles. The molecule has 4 nitrogen and oxygen atoms in total. The molecule has 6 heteroatoms. The summed E-state index contributed by atoms with van der Waals surface area (Å²) < 4.78 is 5.24. The zero-order valence-electron chi connectivity index (χ0n) is 10.9. The van der Waals surface area contributed by atoms with Crippen molar-refractivity contribution in [2.24, 2.45) is 0 Å². The molecule has 1 N–H and O–H groups in total. The quantitative estimate of drug-likeness (QED) is 0.851. The second kappa shape index (κ2) is 8.46. The minimum absolute atomic E-state index is 0. The third-order valence-electron chi connectivity index (χ3n) is 3.16. The first-order valence-electron chi connectivity index (χ1n) is 6.48. The molecule has 1 saturated heterocycles. The van der Waals surface area contributed by atoms with Crippen LogP contribution in [-0.4, -0.2) is 30.4 Å². The van der Waals surface area contributed by atoms with Crippen LogP contribution in [0.5, 0.6) is 0 Å². The zero-order chi connectivity index (χ0) is 12.8. The van der Waals surface area contributed by atoms with Crippen LogP contribution < -0.4 is 5.32 Å². The maximum absolute atomic E-state index is 11.7. The van der Waals surface area contributed by atoms with Crippen LogP contribution in [0.4, 0.5) is 0 Å². The molecule has 1 amide bonds. The average Bonchev–Trinajstić information content (AvgIpc) is 2.65. The van der Waals surface area contributed by atoms with Crippen LogP contribution in [0, 0.1) is 0 Å². The summed E-state index contributed by atoms with van der Waals surface area (Å²) in [5.41, 5.74) is 0. The van der Waals surface area contributed by atoms with Crippen molar-refractivity contribution >= 4 is 29.9 Å². The fourth-order valence-corrected chi connectivity index (χ4v) is 2.31. The summed E-state index contributed by atoms with van der Waals surface area (Å²) in [6.45, 7) is 3.10. The Bertz CT molecular complexity index is 396. The van der Waals surface area contributed by atoms with E-state index in [2.05, 4.69) is 5.32 Å². The SMILES string of the molecule is Cl.O=C1CCCCCN1CCNCc1ccc(Cl)o1. The molecule has 19 heavy (non-hydrogen) atoms. The number of nitrogens with one attached hydrogen (secondary N) is 1. The maximum atomic E-state index is 11.7. The van der Waals surface area contributed by atoms with E-state index in [1.165, 1.54) is 6.42 Å². The van der Waals surface area contributed by atoms with Crippen molar-refractivity contribution in [3.05, 3.63) is 23.1 Å². The first kappa shape index (κ1) is 16.3. The number of halogens is 2. The molecule has 1 aliphatic heterocycles. The van der Waals surface area contributed by atoms with Gasteiger partial charge in [-0.25, -0.2) is 0 Å². The minimum Gasteiger partial charge on any atom is -0.448 e. The second-order valence-electron chi connectivity index (χ2n) is 4.57. The molecular weight excluding hydrogens is 287 g/mol. The Morgan fingerprint density at radius 2 is 2.16 bits per heavy atom. The largest absolute Gasteiger partial charge is 0.448 e. The first-order chi connectivity index (χ1) is 8.75. The van der Waals surface area contributed by atoms with Gasteiger partial charge in [-0.1, -0.05) is 6.42 Å². The lowest BCUT2D eigenvalue weighted by Gasteiger charge is -2.20. The summed E-state index contributed by atoms with van der Waals surface area (Å²) in [5.74, 6) is 1.11. The highest BCUT2D eigenvalue weighted by molar-refractivity contribution is 6.28. The summed E-state index contributed by atoms with van der Waals surface area (Å²) in [6, 6.07) is 3.59. The van der Waals surface area contributed by atoms with Gasteiger partial charge in [0.15, 0.2) is 5.22 Å². The van der Waals surface area contributed by atoms with Crippen LogP contribution in [0.25, 0.3) is 0 Å². The number of likely N-dealkylation sites (tertiary alicyclic amines) is 1. The first-order valence-corrected chi connectivity index (χ1v) is 6.86. The van der Waals surface area contributed by atoms with Crippen LogP contribution in [0.15, 0.2) is 16.5 Å². The van der Waals surface area contributed by atoms with Crippen molar-refractivity contribution in [2.45, 2.75) is 32.2 Å². The number of amides is 1. The summed E-state index contributed by atoms with van der Waals surface area (Å²) >= 11 is 5.68. The normalized spacial score (nSPS) is 16.1. The molecule has 0 spiro atoms. The van der Waals surface area contributed by atoms with Gasteiger partial charge in [-0.3, -0.25) is 4.79 Å². The predicted molar refractivity (Wildman–Crippen MR) is 77.7 cm³/mol. The molecule has 0 atom stereocenters. The molecule has 0 bridgehead atoms. The Labute approximate surface area is 124 Å². The van der Waals surface area contributed by atoms with E-state index in [1.54, 1.807) is 6.07 Å². The highest BCUT2D eigenvalue weighted by Gasteiger charge is 2.15. The van der Waals surface area contributed by atoms with Crippen molar-refractivity contribution < 1.29 is 9.21 Å². The lowest BCUT2D eigenvalue weighted by molar-refractivity contribution is -0.130. The number of hydrogen-bond acceptors (Lipinski definition) is 3. The van der Waals surface area contributed by atoms with E-state index >= 15 is 0 Å². The number of rotatable bonds is 5. The Kier molecular flexibility index (Phi) is 7.28. The van der Waals surface area contributed by atoms with Gasteiger partial charge in [0.1, 0.15) is 5.76 Å². The van der Waals surface area contributed by atoms with E-state index in [1.807, 2.05) is 11.0 Å². The van der Waals surface area contributed by atoms with E-state index in [0.29, 0.717) is 18.2 Å². The molecule has 0 unspecified atom stereocenters. The van der Waals surface area contributed by atoms with Gasteiger partial charge in [-0.2, -0.15) is 0 Å². The Balaban J connectivity index is 0.00000180. The van der Waals surface area contributed by atoms with Crippen molar-refractivity contribution in [1.29, 1.82) is 0 Å². The third-order valence-corrected chi connectivity index (χ3v) is 3.36. The van der Waals surface area contributed by atoms with Gasteiger partial charge in [0.25, 0.3) is 0 Å².